The van der Waals surface area contributed by atoms with E-state index < -0.39 is 17.7 Å². The monoisotopic (exact) mass is 501 g/mol. The second-order valence-electron chi connectivity index (χ2n) is 9.36. The Balaban J connectivity index is 1.55. The number of rotatable bonds is 4. The Hall–Kier alpha value is -4.23. The summed E-state index contributed by atoms with van der Waals surface area (Å²) in [6, 6.07) is 12.4. The van der Waals surface area contributed by atoms with Crippen molar-refractivity contribution in [2.24, 2.45) is 7.05 Å². The zero-order chi connectivity index (χ0) is 26.3. The molecule has 4 aromatic rings. The number of fused-ring (bicyclic) bond motifs is 1. The summed E-state index contributed by atoms with van der Waals surface area (Å²) in [5.74, 6) is -0.884. The van der Waals surface area contributed by atoms with Crippen molar-refractivity contribution in [1.82, 2.24) is 24.4 Å². The van der Waals surface area contributed by atoms with Crippen molar-refractivity contribution >= 4 is 16.7 Å². The van der Waals surface area contributed by atoms with Gasteiger partial charge in [0.1, 0.15) is 28.9 Å². The standard InChI is InChI=1S/C27H25F2N7O/c1-16-15-36(27(21-7-4-18(28)12-31-21)22-8-5-19(29)13-32-22)17(2)14-35(16)24-10-25(37)34(3)23-9-6-20(11-30)33-26(23)24/h4-10,12-13,16-17,27H,14-15H2,1-3H3/t16-,17+/m0/s1. The average molecular weight is 502 g/mol. The number of aryl methyl sites for hydroxylation is 1. The number of hydrogen-bond acceptors (Lipinski definition) is 7. The topological polar surface area (TPSA) is 90.9 Å². The molecule has 8 nitrogen and oxygen atoms in total. The van der Waals surface area contributed by atoms with E-state index in [1.54, 1.807) is 37.4 Å². The first kappa shape index (κ1) is 24.5. The van der Waals surface area contributed by atoms with Crippen molar-refractivity contribution in [3.05, 3.63) is 93.9 Å². The maximum atomic E-state index is 13.7. The van der Waals surface area contributed by atoms with Crippen LogP contribution < -0.4 is 10.5 Å². The van der Waals surface area contributed by atoms with Crippen LogP contribution >= 0.6 is 0 Å². The van der Waals surface area contributed by atoms with Gasteiger partial charge in [-0.1, -0.05) is 0 Å². The summed E-state index contributed by atoms with van der Waals surface area (Å²) in [6.07, 6.45) is 2.33. The molecule has 0 aromatic carbocycles. The molecule has 0 aliphatic carbocycles. The fraction of sp³-hybridized carbons (Fsp3) is 0.296. The quantitative estimate of drug-likeness (QED) is 0.422. The fourth-order valence-corrected chi connectivity index (χ4v) is 5.03. The highest BCUT2D eigenvalue weighted by molar-refractivity contribution is 5.89. The zero-order valence-electron chi connectivity index (χ0n) is 20.6. The van der Waals surface area contributed by atoms with E-state index in [9.17, 15) is 18.8 Å². The van der Waals surface area contributed by atoms with E-state index in [0.717, 1.165) is 0 Å². The molecule has 1 aliphatic heterocycles. The van der Waals surface area contributed by atoms with Crippen LogP contribution in [-0.4, -0.2) is 49.6 Å². The van der Waals surface area contributed by atoms with Crippen molar-refractivity contribution in [3.63, 3.8) is 0 Å². The lowest BCUT2D eigenvalue weighted by Gasteiger charge is -2.48. The molecule has 10 heteroatoms. The van der Waals surface area contributed by atoms with Crippen molar-refractivity contribution < 1.29 is 8.78 Å². The average Bonchev–Trinajstić information content (AvgIpc) is 2.90. The van der Waals surface area contributed by atoms with E-state index in [1.165, 1.54) is 29.1 Å². The first-order chi connectivity index (χ1) is 17.8. The Labute approximate surface area is 212 Å². The summed E-state index contributed by atoms with van der Waals surface area (Å²) in [4.78, 5) is 30.3. The van der Waals surface area contributed by atoms with Crippen LogP contribution in [0.1, 0.15) is 37.0 Å². The van der Waals surface area contributed by atoms with Crippen LogP contribution in [0.25, 0.3) is 11.0 Å². The molecular weight excluding hydrogens is 476 g/mol. The van der Waals surface area contributed by atoms with Gasteiger partial charge < -0.3 is 9.47 Å². The van der Waals surface area contributed by atoms with Gasteiger partial charge in [-0.05, 0) is 50.2 Å². The summed E-state index contributed by atoms with van der Waals surface area (Å²) in [5, 5.41) is 9.40. The fourth-order valence-electron chi connectivity index (χ4n) is 5.03. The van der Waals surface area contributed by atoms with E-state index in [2.05, 4.69) is 37.7 Å². The summed E-state index contributed by atoms with van der Waals surface area (Å²) in [6.45, 7) is 5.19. The molecule has 1 saturated heterocycles. The third kappa shape index (κ3) is 4.54. The lowest BCUT2D eigenvalue weighted by molar-refractivity contribution is 0.125. The van der Waals surface area contributed by atoms with Crippen LogP contribution in [-0.2, 0) is 7.05 Å². The summed E-state index contributed by atoms with van der Waals surface area (Å²) in [7, 11) is 1.68. The number of anilines is 1. The zero-order valence-corrected chi connectivity index (χ0v) is 20.6. The van der Waals surface area contributed by atoms with Gasteiger partial charge in [0, 0.05) is 38.3 Å². The van der Waals surface area contributed by atoms with Crippen LogP contribution in [0.5, 0.6) is 0 Å². The Morgan fingerprint density at radius 3 is 2.19 bits per heavy atom. The van der Waals surface area contributed by atoms with Gasteiger partial charge >= 0.3 is 0 Å². The second kappa shape index (κ2) is 9.67. The van der Waals surface area contributed by atoms with Crippen molar-refractivity contribution in [2.45, 2.75) is 32.0 Å². The Morgan fingerprint density at radius 2 is 1.62 bits per heavy atom. The number of piperazine rings is 1. The highest BCUT2D eigenvalue weighted by Crippen LogP contribution is 2.34. The molecule has 2 atom stereocenters. The van der Waals surface area contributed by atoms with E-state index in [4.69, 9.17) is 0 Å². The highest BCUT2D eigenvalue weighted by atomic mass is 19.1. The molecule has 0 radical (unpaired) electrons. The lowest BCUT2D eigenvalue weighted by Crippen LogP contribution is -2.58. The maximum Gasteiger partial charge on any atom is 0.252 e. The van der Waals surface area contributed by atoms with Gasteiger partial charge in [-0.2, -0.15) is 5.26 Å². The number of nitriles is 1. The molecule has 0 unspecified atom stereocenters. The molecule has 0 amide bonds. The first-order valence-electron chi connectivity index (χ1n) is 11.9. The molecule has 0 N–H and O–H groups in total. The molecular formula is C27H25F2N7O. The van der Waals surface area contributed by atoms with E-state index in [1.807, 2.05) is 6.92 Å². The van der Waals surface area contributed by atoms with Gasteiger partial charge in [0.15, 0.2) is 0 Å². The van der Waals surface area contributed by atoms with Crippen molar-refractivity contribution in [1.29, 1.82) is 5.26 Å². The predicted molar refractivity (Wildman–Crippen MR) is 135 cm³/mol. The molecule has 1 aliphatic rings. The second-order valence-corrected chi connectivity index (χ2v) is 9.36. The number of nitrogens with zero attached hydrogens (tertiary/aromatic N) is 7. The molecule has 0 bridgehead atoms. The number of aromatic nitrogens is 4. The minimum absolute atomic E-state index is 0.0573. The number of pyridine rings is 4. The van der Waals surface area contributed by atoms with E-state index in [-0.39, 0.29) is 23.3 Å². The van der Waals surface area contributed by atoms with Gasteiger partial charge in [-0.3, -0.25) is 19.7 Å². The molecule has 4 aromatic heterocycles. The molecule has 5 heterocycles. The Kier molecular flexibility index (Phi) is 6.39. The molecule has 37 heavy (non-hydrogen) atoms. The van der Waals surface area contributed by atoms with Gasteiger partial charge in [0.2, 0.25) is 0 Å². The van der Waals surface area contributed by atoms with Crippen molar-refractivity contribution in [2.75, 3.05) is 18.0 Å². The minimum Gasteiger partial charge on any atom is -0.364 e. The van der Waals surface area contributed by atoms with E-state index >= 15 is 0 Å². The first-order valence-corrected chi connectivity index (χ1v) is 11.9. The lowest BCUT2D eigenvalue weighted by atomic mass is 9.99. The molecule has 1 fully saturated rings. The predicted octanol–water partition coefficient (Wildman–Crippen LogP) is 3.56. The van der Waals surface area contributed by atoms with Crippen LogP contribution in [0.3, 0.4) is 0 Å². The van der Waals surface area contributed by atoms with Gasteiger partial charge in [-0.15, -0.1) is 0 Å². The number of halogens is 2. The Bertz CT molecular complexity index is 1500. The van der Waals surface area contributed by atoms with Crippen LogP contribution in [0.2, 0.25) is 0 Å². The minimum atomic E-state index is -0.442. The smallest absolute Gasteiger partial charge is 0.252 e. The van der Waals surface area contributed by atoms with Crippen molar-refractivity contribution in [3.8, 4) is 6.07 Å². The third-order valence-electron chi connectivity index (χ3n) is 6.92. The number of hydrogen-bond donors (Lipinski definition) is 0. The van der Waals surface area contributed by atoms with Gasteiger partial charge in [0.25, 0.3) is 5.56 Å². The molecule has 5 rings (SSSR count). The maximum absolute atomic E-state index is 13.7. The highest BCUT2D eigenvalue weighted by Gasteiger charge is 2.37. The molecule has 0 saturated carbocycles. The SMILES string of the molecule is C[C@@H]1CN(c2cc(=O)n(C)c3ccc(C#N)nc23)[C@@H](C)CN1C(c1ccc(F)cn1)c1ccc(F)cn1. The summed E-state index contributed by atoms with van der Waals surface area (Å²) in [5.41, 5.74) is 3.22. The molecule has 0 spiro atoms. The Morgan fingerprint density at radius 1 is 0.973 bits per heavy atom. The summed E-state index contributed by atoms with van der Waals surface area (Å²) >= 11 is 0. The van der Waals surface area contributed by atoms with Crippen LogP contribution in [0.15, 0.2) is 59.7 Å². The normalized spacial score (nSPS) is 18.4. The van der Waals surface area contributed by atoms with Crippen LogP contribution in [0, 0.1) is 23.0 Å². The van der Waals surface area contributed by atoms with Crippen LogP contribution in [0.4, 0.5) is 14.5 Å². The third-order valence-corrected chi connectivity index (χ3v) is 6.92. The largest absolute Gasteiger partial charge is 0.364 e. The summed E-state index contributed by atoms with van der Waals surface area (Å²) < 4.78 is 28.9. The van der Waals surface area contributed by atoms with E-state index in [0.29, 0.717) is 41.2 Å². The van der Waals surface area contributed by atoms with Gasteiger partial charge in [-0.25, -0.2) is 13.8 Å². The molecule has 188 valence electrons. The van der Waals surface area contributed by atoms with Gasteiger partial charge in [0.05, 0.1) is 41.0 Å².